The second-order valence-corrected chi connectivity index (χ2v) is 9.14. The lowest BCUT2D eigenvalue weighted by Gasteiger charge is -2.16. The van der Waals surface area contributed by atoms with E-state index < -0.39 is 15.1 Å². The zero-order chi connectivity index (χ0) is 18.8. The second-order valence-electron chi connectivity index (χ2n) is 7.00. The molecular formula is C19H17N3O4S. The van der Waals surface area contributed by atoms with Crippen molar-refractivity contribution in [1.29, 1.82) is 0 Å². The Hall–Kier alpha value is -2.87. The fourth-order valence-electron chi connectivity index (χ4n) is 4.10. The normalized spacial score (nSPS) is 22.6. The van der Waals surface area contributed by atoms with E-state index in [1.165, 1.54) is 0 Å². The van der Waals surface area contributed by atoms with Crippen LogP contribution in [0.5, 0.6) is 0 Å². The SMILES string of the molecule is Cn1ccc(C(=O)N2C[C@H]3c4cc(-c5ccco5)ccc4S(=O)(=O)[C@H]3C2)n1. The summed E-state index contributed by atoms with van der Waals surface area (Å²) in [5, 5.41) is 3.54. The summed E-state index contributed by atoms with van der Waals surface area (Å²) < 4.78 is 33.0. The number of benzene rings is 1. The highest BCUT2D eigenvalue weighted by molar-refractivity contribution is 7.92. The van der Waals surface area contributed by atoms with Gasteiger partial charge >= 0.3 is 0 Å². The average molecular weight is 383 g/mol. The first-order valence-electron chi connectivity index (χ1n) is 8.66. The largest absolute Gasteiger partial charge is 0.464 e. The van der Waals surface area contributed by atoms with Gasteiger partial charge in [0.1, 0.15) is 11.5 Å². The van der Waals surface area contributed by atoms with Crippen LogP contribution in [0.4, 0.5) is 0 Å². The Labute approximate surface area is 156 Å². The van der Waals surface area contributed by atoms with E-state index in [1.807, 2.05) is 12.1 Å². The number of sulfone groups is 1. The van der Waals surface area contributed by atoms with Crippen molar-refractivity contribution in [3.05, 3.63) is 60.1 Å². The first-order chi connectivity index (χ1) is 12.9. The van der Waals surface area contributed by atoms with E-state index in [4.69, 9.17) is 4.42 Å². The lowest BCUT2D eigenvalue weighted by atomic mass is 9.96. The van der Waals surface area contributed by atoms with E-state index in [0.717, 1.165) is 11.1 Å². The molecule has 2 aromatic heterocycles. The molecule has 8 heteroatoms. The first kappa shape index (κ1) is 16.3. The molecule has 7 nitrogen and oxygen atoms in total. The number of fused-ring (bicyclic) bond motifs is 3. The van der Waals surface area contributed by atoms with Gasteiger partial charge in [0, 0.05) is 37.8 Å². The van der Waals surface area contributed by atoms with E-state index in [2.05, 4.69) is 5.10 Å². The molecule has 4 heterocycles. The maximum atomic E-state index is 13.0. The highest BCUT2D eigenvalue weighted by Gasteiger charge is 2.51. The summed E-state index contributed by atoms with van der Waals surface area (Å²) in [5.74, 6) is 0.231. The van der Waals surface area contributed by atoms with Crippen molar-refractivity contribution in [3.8, 4) is 11.3 Å². The maximum absolute atomic E-state index is 13.0. The third-order valence-corrected chi connectivity index (χ3v) is 7.67. The van der Waals surface area contributed by atoms with Crippen LogP contribution in [0.25, 0.3) is 11.3 Å². The Morgan fingerprint density at radius 3 is 2.78 bits per heavy atom. The van der Waals surface area contributed by atoms with Gasteiger partial charge in [-0.15, -0.1) is 0 Å². The Morgan fingerprint density at radius 2 is 2.07 bits per heavy atom. The highest BCUT2D eigenvalue weighted by atomic mass is 32.2. The standard InChI is InChI=1S/C19H17N3O4S/c1-21-7-6-15(20-21)19(23)22-10-14-13-9-12(16-3-2-8-26-16)4-5-17(13)27(24,25)18(14)11-22/h2-9,14,18H,10-11H2,1H3/t14-,18-/m0/s1. The summed E-state index contributed by atoms with van der Waals surface area (Å²) in [7, 11) is -1.72. The van der Waals surface area contributed by atoms with Gasteiger partial charge in [0.05, 0.1) is 16.4 Å². The number of hydrogen-bond donors (Lipinski definition) is 0. The fourth-order valence-corrected chi connectivity index (χ4v) is 6.26. The number of aromatic nitrogens is 2. The van der Waals surface area contributed by atoms with E-state index in [1.54, 1.807) is 53.4 Å². The van der Waals surface area contributed by atoms with Gasteiger partial charge in [-0.25, -0.2) is 8.42 Å². The lowest BCUT2D eigenvalue weighted by Crippen LogP contribution is -2.32. The summed E-state index contributed by atoms with van der Waals surface area (Å²) in [5.41, 5.74) is 1.94. The molecule has 0 N–H and O–H groups in total. The molecule has 2 aliphatic rings. The third-order valence-electron chi connectivity index (χ3n) is 5.41. The summed E-state index contributed by atoms with van der Waals surface area (Å²) >= 11 is 0. The van der Waals surface area contributed by atoms with Crippen molar-refractivity contribution in [2.24, 2.45) is 7.05 Å². The molecule has 0 spiro atoms. The number of nitrogens with zero attached hydrogens (tertiary/aromatic N) is 3. The lowest BCUT2D eigenvalue weighted by molar-refractivity contribution is 0.0784. The summed E-state index contributed by atoms with van der Waals surface area (Å²) in [6.07, 6.45) is 3.29. The fraction of sp³-hybridized carbons (Fsp3) is 0.263. The molecule has 0 aliphatic carbocycles. The molecule has 2 atom stereocenters. The number of likely N-dealkylation sites (tertiary alicyclic amines) is 1. The van der Waals surface area contributed by atoms with Crippen molar-refractivity contribution in [1.82, 2.24) is 14.7 Å². The molecule has 0 radical (unpaired) electrons. The van der Waals surface area contributed by atoms with Gasteiger partial charge in [-0.1, -0.05) is 0 Å². The summed E-state index contributed by atoms with van der Waals surface area (Å²) in [4.78, 5) is 14.7. The molecule has 1 fully saturated rings. The molecule has 0 saturated carbocycles. The van der Waals surface area contributed by atoms with Crippen LogP contribution < -0.4 is 0 Å². The van der Waals surface area contributed by atoms with E-state index in [0.29, 0.717) is 22.9 Å². The topological polar surface area (TPSA) is 85.4 Å². The molecule has 138 valence electrons. The molecular weight excluding hydrogens is 366 g/mol. The zero-order valence-electron chi connectivity index (χ0n) is 14.6. The van der Waals surface area contributed by atoms with E-state index >= 15 is 0 Å². The van der Waals surface area contributed by atoms with Crippen LogP contribution in [0.2, 0.25) is 0 Å². The van der Waals surface area contributed by atoms with E-state index in [9.17, 15) is 13.2 Å². The number of furan rings is 1. The van der Waals surface area contributed by atoms with Crippen LogP contribution in [-0.2, 0) is 16.9 Å². The quantitative estimate of drug-likeness (QED) is 0.676. The molecule has 27 heavy (non-hydrogen) atoms. The Kier molecular flexibility index (Phi) is 3.36. The number of carbonyl (C=O) groups excluding carboxylic acids is 1. The van der Waals surface area contributed by atoms with Crippen molar-refractivity contribution >= 4 is 15.7 Å². The molecule has 2 aliphatic heterocycles. The molecule has 1 amide bonds. The van der Waals surface area contributed by atoms with Crippen molar-refractivity contribution in [2.75, 3.05) is 13.1 Å². The van der Waals surface area contributed by atoms with Gasteiger partial charge in [-0.3, -0.25) is 9.48 Å². The van der Waals surface area contributed by atoms with Crippen LogP contribution in [0.15, 0.2) is 58.2 Å². The molecule has 5 rings (SSSR count). The Bertz CT molecular complexity index is 1150. The third kappa shape index (κ3) is 2.36. The number of amides is 1. The minimum atomic E-state index is -3.46. The minimum Gasteiger partial charge on any atom is -0.464 e. The van der Waals surface area contributed by atoms with Crippen LogP contribution in [-0.4, -0.2) is 47.3 Å². The maximum Gasteiger partial charge on any atom is 0.274 e. The molecule has 3 aromatic rings. The van der Waals surface area contributed by atoms with Crippen LogP contribution in [0, 0.1) is 0 Å². The van der Waals surface area contributed by atoms with Gasteiger partial charge in [0.15, 0.2) is 9.84 Å². The number of hydrogen-bond acceptors (Lipinski definition) is 5. The van der Waals surface area contributed by atoms with Gasteiger partial charge in [0.25, 0.3) is 5.91 Å². The summed E-state index contributed by atoms with van der Waals surface area (Å²) in [6.45, 7) is 0.557. The smallest absolute Gasteiger partial charge is 0.274 e. The molecule has 0 unspecified atom stereocenters. The van der Waals surface area contributed by atoms with Gasteiger partial charge in [0.2, 0.25) is 0 Å². The average Bonchev–Trinajstić information content (AvgIpc) is 3.41. The number of rotatable bonds is 2. The summed E-state index contributed by atoms with van der Waals surface area (Å²) in [6, 6.07) is 10.6. The number of aryl methyl sites for hydroxylation is 1. The van der Waals surface area contributed by atoms with Gasteiger partial charge in [-0.05, 0) is 42.0 Å². The molecule has 1 saturated heterocycles. The molecule has 0 bridgehead atoms. The highest BCUT2D eigenvalue weighted by Crippen LogP contribution is 2.46. The van der Waals surface area contributed by atoms with E-state index in [-0.39, 0.29) is 18.4 Å². The van der Waals surface area contributed by atoms with Crippen LogP contribution in [0.3, 0.4) is 0 Å². The predicted molar refractivity (Wildman–Crippen MR) is 97.0 cm³/mol. The number of carbonyl (C=O) groups is 1. The first-order valence-corrected chi connectivity index (χ1v) is 10.2. The predicted octanol–water partition coefficient (Wildman–Crippen LogP) is 2.08. The Balaban J connectivity index is 1.52. The van der Waals surface area contributed by atoms with Gasteiger partial charge in [-0.2, -0.15) is 5.10 Å². The Morgan fingerprint density at radius 1 is 1.22 bits per heavy atom. The second kappa shape index (κ2) is 5.56. The van der Waals surface area contributed by atoms with Crippen molar-refractivity contribution in [3.63, 3.8) is 0 Å². The minimum absolute atomic E-state index is 0.188. The van der Waals surface area contributed by atoms with Crippen LogP contribution >= 0.6 is 0 Å². The van der Waals surface area contributed by atoms with Gasteiger partial charge < -0.3 is 9.32 Å². The van der Waals surface area contributed by atoms with Crippen molar-refractivity contribution < 1.29 is 17.6 Å². The zero-order valence-corrected chi connectivity index (χ0v) is 15.4. The van der Waals surface area contributed by atoms with Crippen molar-refractivity contribution in [2.45, 2.75) is 16.1 Å². The van der Waals surface area contributed by atoms with Crippen LogP contribution in [0.1, 0.15) is 22.0 Å². The monoisotopic (exact) mass is 383 g/mol. The molecule has 1 aromatic carbocycles.